The largest absolute Gasteiger partial charge is 0.465 e. The summed E-state index contributed by atoms with van der Waals surface area (Å²) < 4.78 is 5.58. The van der Waals surface area contributed by atoms with Crippen LogP contribution in [0.3, 0.4) is 0 Å². The summed E-state index contributed by atoms with van der Waals surface area (Å²) in [6, 6.07) is 13.8. The van der Waals surface area contributed by atoms with E-state index in [2.05, 4.69) is 5.32 Å². The Bertz CT molecular complexity index is 478. The molecule has 1 heterocycles. The number of benzene rings is 1. The van der Waals surface area contributed by atoms with Gasteiger partial charge in [0.25, 0.3) is 0 Å². The van der Waals surface area contributed by atoms with Gasteiger partial charge in [0.05, 0.1) is 18.7 Å². The third-order valence-electron chi connectivity index (χ3n) is 3.02. The molecule has 0 spiro atoms. The average molecular weight is 245 g/mol. The molecule has 3 nitrogen and oxygen atoms in total. The molecule has 0 radical (unpaired) electrons. The van der Waals surface area contributed by atoms with Crippen LogP contribution in [0.15, 0.2) is 46.9 Å². The van der Waals surface area contributed by atoms with E-state index in [1.807, 2.05) is 56.3 Å². The van der Waals surface area contributed by atoms with Crippen LogP contribution in [0.4, 0.5) is 0 Å². The second-order valence-corrected chi connectivity index (χ2v) is 4.48. The average Bonchev–Trinajstić information content (AvgIpc) is 2.83. The van der Waals surface area contributed by atoms with Crippen LogP contribution in [0.2, 0.25) is 0 Å². The minimum Gasteiger partial charge on any atom is -0.465 e. The van der Waals surface area contributed by atoms with Crippen molar-refractivity contribution < 1.29 is 9.52 Å². The van der Waals surface area contributed by atoms with Gasteiger partial charge in [0, 0.05) is 0 Å². The van der Waals surface area contributed by atoms with Crippen molar-refractivity contribution in [2.75, 3.05) is 6.61 Å². The lowest BCUT2D eigenvalue weighted by atomic mass is 10.1. The Kier molecular flexibility index (Phi) is 4.18. The third kappa shape index (κ3) is 3.00. The molecule has 3 heteroatoms. The predicted octanol–water partition coefficient (Wildman–Crippen LogP) is 2.97. The predicted molar refractivity (Wildman–Crippen MR) is 71.3 cm³/mol. The SMILES string of the molecule is Cc1ccc(C(C)NC(CO)c2ccccc2)o1. The summed E-state index contributed by atoms with van der Waals surface area (Å²) in [5.74, 6) is 1.79. The second-order valence-electron chi connectivity index (χ2n) is 4.48. The van der Waals surface area contributed by atoms with Gasteiger partial charge in [0.2, 0.25) is 0 Å². The summed E-state index contributed by atoms with van der Waals surface area (Å²) in [6.45, 7) is 4.02. The first kappa shape index (κ1) is 12.9. The lowest BCUT2D eigenvalue weighted by Gasteiger charge is -2.20. The van der Waals surface area contributed by atoms with Crippen molar-refractivity contribution in [3.8, 4) is 0 Å². The third-order valence-corrected chi connectivity index (χ3v) is 3.02. The Labute approximate surface area is 107 Å². The number of furan rings is 1. The molecule has 2 unspecified atom stereocenters. The Morgan fingerprint density at radius 3 is 2.44 bits per heavy atom. The van der Waals surface area contributed by atoms with E-state index >= 15 is 0 Å². The fourth-order valence-electron chi connectivity index (χ4n) is 2.01. The van der Waals surface area contributed by atoms with E-state index in [-0.39, 0.29) is 18.7 Å². The molecule has 2 N–H and O–H groups in total. The number of aryl methyl sites for hydroxylation is 1. The van der Waals surface area contributed by atoms with E-state index in [0.717, 1.165) is 17.1 Å². The van der Waals surface area contributed by atoms with Gasteiger partial charge < -0.3 is 9.52 Å². The van der Waals surface area contributed by atoms with Gasteiger partial charge in [-0.1, -0.05) is 30.3 Å². The molecule has 0 aliphatic heterocycles. The zero-order valence-electron chi connectivity index (χ0n) is 10.8. The molecule has 0 aliphatic rings. The monoisotopic (exact) mass is 245 g/mol. The van der Waals surface area contributed by atoms with Crippen LogP contribution in [-0.4, -0.2) is 11.7 Å². The van der Waals surface area contributed by atoms with Gasteiger partial charge in [-0.2, -0.15) is 0 Å². The maximum absolute atomic E-state index is 9.49. The molecule has 2 rings (SSSR count). The van der Waals surface area contributed by atoms with Crippen LogP contribution < -0.4 is 5.32 Å². The van der Waals surface area contributed by atoms with Gasteiger partial charge in [-0.05, 0) is 31.5 Å². The van der Waals surface area contributed by atoms with E-state index in [1.54, 1.807) is 0 Å². The van der Waals surface area contributed by atoms with E-state index in [4.69, 9.17) is 4.42 Å². The Hall–Kier alpha value is -1.58. The molecule has 0 saturated carbocycles. The molecule has 0 bridgehead atoms. The maximum Gasteiger partial charge on any atom is 0.120 e. The standard InChI is InChI=1S/C15H19NO2/c1-11-8-9-15(18-11)12(2)16-14(10-17)13-6-4-3-5-7-13/h3-9,12,14,16-17H,10H2,1-2H3. The molecule has 0 aliphatic carbocycles. The van der Waals surface area contributed by atoms with E-state index in [9.17, 15) is 5.11 Å². The van der Waals surface area contributed by atoms with Crippen molar-refractivity contribution in [3.05, 3.63) is 59.5 Å². The van der Waals surface area contributed by atoms with Gasteiger partial charge >= 0.3 is 0 Å². The van der Waals surface area contributed by atoms with Gasteiger partial charge in [-0.3, -0.25) is 5.32 Å². The number of aliphatic hydroxyl groups is 1. The maximum atomic E-state index is 9.49. The number of hydrogen-bond donors (Lipinski definition) is 2. The summed E-state index contributed by atoms with van der Waals surface area (Å²) in [6.07, 6.45) is 0. The molecule has 0 saturated heterocycles. The second kappa shape index (κ2) is 5.85. The molecular formula is C15H19NO2. The molecule has 2 atom stereocenters. The Balaban J connectivity index is 2.07. The number of hydrogen-bond acceptors (Lipinski definition) is 3. The highest BCUT2D eigenvalue weighted by Crippen LogP contribution is 2.20. The first-order valence-electron chi connectivity index (χ1n) is 6.19. The van der Waals surface area contributed by atoms with Gasteiger partial charge in [-0.15, -0.1) is 0 Å². The van der Waals surface area contributed by atoms with Crippen LogP contribution in [0.5, 0.6) is 0 Å². The lowest BCUT2D eigenvalue weighted by molar-refractivity contribution is 0.230. The summed E-state index contributed by atoms with van der Waals surface area (Å²) in [5, 5.41) is 12.9. The zero-order chi connectivity index (χ0) is 13.0. The summed E-state index contributed by atoms with van der Waals surface area (Å²) >= 11 is 0. The van der Waals surface area contributed by atoms with Crippen LogP contribution >= 0.6 is 0 Å². The van der Waals surface area contributed by atoms with E-state index in [1.165, 1.54) is 0 Å². The molecule has 2 aromatic rings. The smallest absolute Gasteiger partial charge is 0.120 e. The van der Waals surface area contributed by atoms with E-state index in [0.29, 0.717) is 0 Å². The van der Waals surface area contributed by atoms with Crippen molar-refractivity contribution in [1.82, 2.24) is 5.32 Å². The number of aliphatic hydroxyl groups excluding tert-OH is 1. The molecule has 0 amide bonds. The summed E-state index contributed by atoms with van der Waals surface area (Å²) in [5.41, 5.74) is 1.08. The minimum absolute atomic E-state index is 0.0635. The van der Waals surface area contributed by atoms with Crippen LogP contribution in [0, 0.1) is 6.92 Å². The highest BCUT2D eigenvalue weighted by molar-refractivity contribution is 5.20. The van der Waals surface area contributed by atoms with Crippen molar-refractivity contribution in [2.45, 2.75) is 25.9 Å². The normalized spacial score (nSPS) is 14.4. The lowest BCUT2D eigenvalue weighted by Crippen LogP contribution is -2.27. The van der Waals surface area contributed by atoms with Gasteiger partial charge in [-0.25, -0.2) is 0 Å². The van der Waals surface area contributed by atoms with Crippen LogP contribution in [0.1, 0.15) is 36.1 Å². The molecule has 1 aromatic carbocycles. The van der Waals surface area contributed by atoms with Crippen molar-refractivity contribution in [3.63, 3.8) is 0 Å². The molecule has 18 heavy (non-hydrogen) atoms. The first-order chi connectivity index (χ1) is 8.70. The summed E-state index contributed by atoms with van der Waals surface area (Å²) in [7, 11) is 0. The fraction of sp³-hybridized carbons (Fsp3) is 0.333. The zero-order valence-corrected chi connectivity index (χ0v) is 10.8. The first-order valence-corrected chi connectivity index (χ1v) is 6.19. The summed E-state index contributed by atoms with van der Waals surface area (Å²) in [4.78, 5) is 0. The fourth-order valence-corrected chi connectivity index (χ4v) is 2.01. The number of nitrogens with one attached hydrogen (secondary N) is 1. The Morgan fingerprint density at radius 1 is 1.17 bits per heavy atom. The van der Waals surface area contributed by atoms with Gasteiger partial charge in [0.15, 0.2) is 0 Å². The molecule has 1 aromatic heterocycles. The van der Waals surface area contributed by atoms with Crippen molar-refractivity contribution >= 4 is 0 Å². The molecule has 0 fully saturated rings. The van der Waals surface area contributed by atoms with E-state index < -0.39 is 0 Å². The minimum atomic E-state index is -0.0772. The molecular weight excluding hydrogens is 226 g/mol. The van der Waals surface area contributed by atoms with Crippen LogP contribution in [-0.2, 0) is 0 Å². The van der Waals surface area contributed by atoms with Crippen molar-refractivity contribution in [1.29, 1.82) is 0 Å². The van der Waals surface area contributed by atoms with Crippen molar-refractivity contribution in [2.24, 2.45) is 0 Å². The Morgan fingerprint density at radius 2 is 1.89 bits per heavy atom. The highest BCUT2D eigenvalue weighted by atomic mass is 16.3. The topological polar surface area (TPSA) is 45.4 Å². The van der Waals surface area contributed by atoms with Crippen LogP contribution in [0.25, 0.3) is 0 Å². The quantitative estimate of drug-likeness (QED) is 0.851. The highest BCUT2D eigenvalue weighted by Gasteiger charge is 2.16. The molecule has 96 valence electrons. The number of rotatable bonds is 5. The van der Waals surface area contributed by atoms with Gasteiger partial charge in [0.1, 0.15) is 11.5 Å².